The Bertz CT molecular complexity index is 394. The van der Waals surface area contributed by atoms with Crippen LogP contribution in [0, 0.1) is 0 Å². The number of rotatable bonds is 7. The molecule has 0 radical (unpaired) electrons. The molecule has 1 aromatic rings. The number of carbonyl (C=O) groups is 2. The van der Waals surface area contributed by atoms with Crippen LogP contribution in [0.1, 0.15) is 24.9 Å². The summed E-state index contributed by atoms with van der Waals surface area (Å²) in [7, 11) is 0. The fourth-order valence-corrected chi connectivity index (χ4v) is 2.12. The van der Waals surface area contributed by atoms with Crippen LogP contribution in [-0.4, -0.2) is 28.5 Å². The molecule has 0 saturated carbocycles. The summed E-state index contributed by atoms with van der Waals surface area (Å²) in [6.45, 7) is 2.00. The van der Waals surface area contributed by atoms with Crippen molar-refractivity contribution in [3.63, 3.8) is 0 Å². The van der Waals surface area contributed by atoms with E-state index in [1.807, 2.05) is 37.3 Å². The first-order valence-corrected chi connectivity index (χ1v) is 6.92. The molecule has 0 saturated heterocycles. The fraction of sp³-hybridized carbons (Fsp3) is 0.385. The first-order chi connectivity index (χ1) is 8.63. The third kappa shape index (κ3) is 5.23. The van der Waals surface area contributed by atoms with Gasteiger partial charge in [0.1, 0.15) is 0 Å². The van der Waals surface area contributed by atoms with Gasteiger partial charge in [0.2, 0.25) is 5.91 Å². The van der Waals surface area contributed by atoms with Gasteiger partial charge in [-0.25, -0.2) is 0 Å². The number of thioether (sulfide) groups is 1. The molecule has 98 valence electrons. The van der Waals surface area contributed by atoms with Gasteiger partial charge in [0.05, 0.1) is 17.5 Å². The number of aliphatic carboxylic acids is 1. The topological polar surface area (TPSA) is 66.4 Å². The van der Waals surface area contributed by atoms with Crippen LogP contribution in [0.15, 0.2) is 30.3 Å². The molecule has 0 aliphatic carbocycles. The Labute approximate surface area is 111 Å². The standard InChI is InChI=1S/C13H17NO3S/c1-2-11(10-6-4-3-5-7-10)14-12(15)8-18-9-13(16)17/h3-7,11H,2,8-9H2,1H3,(H,14,15)(H,16,17). The van der Waals surface area contributed by atoms with Gasteiger partial charge in [0.15, 0.2) is 0 Å². The summed E-state index contributed by atoms with van der Waals surface area (Å²) >= 11 is 1.11. The van der Waals surface area contributed by atoms with E-state index in [1.165, 1.54) is 0 Å². The highest BCUT2D eigenvalue weighted by atomic mass is 32.2. The van der Waals surface area contributed by atoms with Crippen molar-refractivity contribution < 1.29 is 14.7 Å². The van der Waals surface area contributed by atoms with Gasteiger partial charge in [-0.15, -0.1) is 11.8 Å². The van der Waals surface area contributed by atoms with Gasteiger partial charge in [-0.3, -0.25) is 9.59 Å². The zero-order valence-electron chi connectivity index (χ0n) is 10.3. The lowest BCUT2D eigenvalue weighted by Gasteiger charge is -2.17. The van der Waals surface area contributed by atoms with E-state index in [1.54, 1.807) is 0 Å². The van der Waals surface area contributed by atoms with E-state index in [-0.39, 0.29) is 23.5 Å². The van der Waals surface area contributed by atoms with E-state index in [0.29, 0.717) is 0 Å². The highest BCUT2D eigenvalue weighted by molar-refractivity contribution is 8.00. The molecule has 0 spiro atoms. The molecule has 1 rings (SSSR count). The van der Waals surface area contributed by atoms with Gasteiger partial charge in [0.25, 0.3) is 0 Å². The Morgan fingerprint density at radius 2 is 1.94 bits per heavy atom. The average Bonchev–Trinajstić information content (AvgIpc) is 2.36. The second-order valence-corrected chi connectivity index (χ2v) is 4.81. The van der Waals surface area contributed by atoms with Gasteiger partial charge in [0, 0.05) is 0 Å². The smallest absolute Gasteiger partial charge is 0.313 e. The van der Waals surface area contributed by atoms with E-state index in [0.717, 1.165) is 23.7 Å². The minimum atomic E-state index is -0.900. The van der Waals surface area contributed by atoms with Crippen molar-refractivity contribution >= 4 is 23.6 Å². The molecule has 18 heavy (non-hydrogen) atoms. The molecule has 4 nitrogen and oxygen atoms in total. The lowest BCUT2D eigenvalue weighted by atomic mass is 10.0. The predicted molar refractivity (Wildman–Crippen MR) is 72.6 cm³/mol. The van der Waals surface area contributed by atoms with Crippen molar-refractivity contribution in [1.29, 1.82) is 0 Å². The molecule has 0 bridgehead atoms. The average molecular weight is 267 g/mol. The highest BCUT2D eigenvalue weighted by Gasteiger charge is 2.12. The van der Waals surface area contributed by atoms with E-state index in [4.69, 9.17) is 5.11 Å². The van der Waals surface area contributed by atoms with E-state index in [2.05, 4.69) is 5.32 Å². The SMILES string of the molecule is CCC(NC(=O)CSCC(=O)O)c1ccccc1. The highest BCUT2D eigenvalue weighted by Crippen LogP contribution is 2.16. The fourth-order valence-electron chi connectivity index (χ4n) is 1.57. The van der Waals surface area contributed by atoms with E-state index in [9.17, 15) is 9.59 Å². The quantitative estimate of drug-likeness (QED) is 0.793. The van der Waals surface area contributed by atoms with Crippen LogP contribution in [0.25, 0.3) is 0 Å². The number of nitrogens with one attached hydrogen (secondary N) is 1. The number of hydrogen-bond donors (Lipinski definition) is 2. The van der Waals surface area contributed by atoms with Crippen LogP contribution in [0.3, 0.4) is 0 Å². The summed E-state index contributed by atoms with van der Waals surface area (Å²) in [4.78, 5) is 22.0. The molecule has 0 aliphatic heterocycles. The van der Waals surface area contributed by atoms with Gasteiger partial charge >= 0.3 is 5.97 Å². The third-order valence-corrected chi connectivity index (χ3v) is 3.32. The molecule has 2 N–H and O–H groups in total. The summed E-state index contributed by atoms with van der Waals surface area (Å²) < 4.78 is 0. The summed E-state index contributed by atoms with van der Waals surface area (Å²) in [6.07, 6.45) is 0.805. The normalized spacial score (nSPS) is 11.8. The number of amides is 1. The number of hydrogen-bond acceptors (Lipinski definition) is 3. The minimum absolute atomic E-state index is 0.0101. The van der Waals surface area contributed by atoms with Gasteiger partial charge < -0.3 is 10.4 Å². The lowest BCUT2D eigenvalue weighted by Crippen LogP contribution is -2.29. The number of carboxylic acids is 1. The molecule has 0 fully saturated rings. The van der Waals surface area contributed by atoms with Crippen LogP contribution < -0.4 is 5.32 Å². The summed E-state index contributed by atoms with van der Waals surface area (Å²) in [5.74, 6) is -0.898. The van der Waals surface area contributed by atoms with Crippen LogP contribution in [0.4, 0.5) is 0 Å². The van der Waals surface area contributed by atoms with Crippen LogP contribution in [-0.2, 0) is 9.59 Å². The number of carboxylic acid groups (broad SMARTS) is 1. The molecule has 1 atom stereocenters. The molecule has 1 unspecified atom stereocenters. The largest absolute Gasteiger partial charge is 0.481 e. The first kappa shape index (κ1) is 14.6. The van der Waals surface area contributed by atoms with Crippen molar-refractivity contribution in [2.24, 2.45) is 0 Å². The summed E-state index contributed by atoms with van der Waals surface area (Å²) in [6, 6.07) is 9.73. The first-order valence-electron chi connectivity index (χ1n) is 5.77. The lowest BCUT2D eigenvalue weighted by molar-refractivity contribution is -0.133. The number of carbonyl (C=O) groups excluding carboxylic acids is 1. The monoisotopic (exact) mass is 267 g/mol. The van der Waals surface area contributed by atoms with Gasteiger partial charge in [-0.1, -0.05) is 37.3 Å². The van der Waals surface area contributed by atoms with E-state index >= 15 is 0 Å². The molecule has 0 aliphatic rings. The predicted octanol–water partition coefficient (Wildman–Crippen LogP) is 2.07. The van der Waals surface area contributed by atoms with Gasteiger partial charge in [-0.2, -0.15) is 0 Å². The van der Waals surface area contributed by atoms with Crippen molar-refractivity contribution in [3.05, 3.63) is 35.9 Å². The maximum absolute atomic E-state index is 11.6. The zero-order valence-corrected chi connectivity index (χ0v) is 11.1. The van der Waals surface area contributed by atoms with Gasteiger partial charge in [-0.05, 0) is 12.0 Å². The maximum atomic E-state index is 11.6. The molecule has 0 heterocycles. The van der Waals surface area contributed by atoms with Crippen LogP contribution >= 0.6 is 11.8 Å². The van der Waals surface area contributed by atoms with Crippen LogP contribution in [0.2, 0.25) is 0 Å². The Balaban J connectivity index is 2.44. The molecular formula is C13H17NO3S. The molecule has 1 aromatic carbocycles. The number of benzene rings is 1. The molecular weight excluding hydrogens is 250 g/mol. The third-order valence-electron chi connectivity index (χ3n) is 2.40. The Morgan fingerprint density at radius 3 is 2.50 bits per heavy atom. The Hall–Kier alpha value is -1.49. The summed E-state index contributed by atoms with van der Waals surface area (Å²) in [5.41, 5.74) is 1.07. The van der Waals surface area contributed by atoms with Crippen LogP contribution in [0.5, 0.6) is 0 Å². The van der Waals surface area contributed by atoms with Crippen molar-refractivity contribution in [1.82, 2.24) is 5.32 Å². The minimum Gasteiger partial charge on any atom is -0.481 e. The summed E-state index contributed by atoms with van der Waals surface area (Å²) in [5, 5.41) is 11.4. The van der Waals surface area contributed by atoms with Crippen molar-refractivity contribution in [2.75, 3.05) is 11.5 Å². The Kier molecular flexibility index (Phi) is 6.28. The molecule has 0 aromatic heterocycles. The van der Waals surface area contributed by atoms with Crippen molar-refractivity contribution in [2.45, 2.75) is 19.4 Å². The second-order valence-electron chi connectivity index (χ2n) is 3.83. The second kappa shape index (κ2) is 7.76. The zero-order chi connectivity index (χ0) is 13.4. The maximum Gasteiger partial charge on any atom is 0.313 e. The van der Waals surface area contributed by atoms with Crippen molar-refractivity contribution in [3.8, 4) is 0 Å². The molecule has 1 amide bonds. The molecule has 5 heteroatoms. The Morgan fingerprint density at radius 1 is 1.28 bits per heavy atom. The van der Waals surface area contributed by atoms with E-state index < -0.39 is 5.97 Å².